The molecule has 1 aliphatic carbocycles. The lowest BCUT2D eigenvalue weighted by Crippen LogP contribution is -2.46. The summed E-state index contributed by atoms with van der Waals surface area (Å²) in [6.45, 7) is 7.24. The second-order valence-corrected chi connectivity index (χ2v) is 5.95. The fourth-order valence-electron chi connectivity index (χ4n) is 2.92. The lowest BCUT2D eigenvalue weighted by Gasteiger charge is -2.35. The topological polar surface area (TPSA) is 64.9 Å². The minimum Gasteiger partial charge on any atom is -0.376 e. The number of anilines is 1. The summed E-state index contributed by atoms with van der Waals surface area (Å²) in [6, 6.07) is 0.153. The molecular weight excluding hydrogens is 266 g/mol. The van der Waals surface area contributed by atoms with Gasteiger partial charge in [-0.25, -0.2) is 15.0 Å². The highest BCUT2D eigenvalue weighted by Crippen LogP contribution is 2.44. The predicted molar refractivity (Wildman–Crippen MR) is 82.2 cm³/mol. The van der Waals surface area contributed by atoms with E-state index in [-0.39, 0.29) is 11.6 Å². The Balaban J connectivity index is 1.89. The van der Waals surface area contributed by atoms with Crippen LogP contribution in [0.2, 0.25) is 0 Å². The van der Waals surface area contributed by atoms with Crippen molar-refractivity contribution < 1.29 is 4.74 Å². The molecule has 0 saturated heterocycles. The highest BCUT2D eigenvalue weighted by Gasteiger charge is 2.46. The summed E-state index contributed by atoms with van der Waals surface area (Å²) in [5.41, 5.74) is 1.51. The molecule has 6 nitrogen and oxygen atoms in total. The van der Waals surface area contributed by atoms with Gasteiger partial charge < -0.3 is 14.6 Å². The molecule has 1 N–H and O–H groups in total. The van der Waals surface area contributed by atoms with Gasteiger partial charge in [0.1, 0.15) is 11.8 Å². The number of hydrogen-bond acceptors (Lipinski definition) is 5. The van der Waals surface area contributed by atoms with Gasteiger partial charge in [-0.15, -0.1) is 0 Å². The third-order valence-electron chi connectivity index (χ3n) is 4.78. The number of imidazole rings is 1. The summed E-state index contributed by atoms with van der Waals surface area (Å²) in [5.74, 6) is 1.40. The van der Waals surface area contributed by atoms with Crippen molar-refractivity contribution in [3.8, 4) is 0 Å². The molecule has 2 aromatic heterocycles. The van der Waals surface area contributed by atoms with Gasteiger partial charge in [0, 0.05) is 13.7 Å². The number of aryl methyl sites for hydroxylation is 1. The maximum Gasteiger partial charge on any atom is 0.165 e. The smallest absolute Gasteiger partial charge is 0.165 e. The van der Waals surface area contributed by atoms with Gasteiger partial charge in [-0.1, -0.05) is 0 Å². The average molecular weight is 289 g/mol. The van der Waals surface area contributed by atoms with Gasteiger partial charge in [-0.05, 0) is 39.5 Å². The van der Waals surface area contributed by atoms with Gasteiger partial charge in [-0.3, -0.25) is 0 Å². The van der Waals surface area contributed by atoms with Crippen LogP contribution in [0.1, 0.15) is 33.6 Å². The zero-order valence-corrected chi connectivity index (χ0v) is 13.1. The molecule has 2 atom stereocenters. The summed E-state index contributed by atoms with van der Waals surface area (Å²) < 4.78 is 7.82. The van der Waals surface area contributed by atoms with Crippen molar-refractivity contribution in [1.82, 2.24) is 19.5 Å². The van der Waals surface area contributed by atoms with E-state index >= 15 is 0 Å². The van der Waals surface area contributed by atoms with Crippen LogP contribution in [-0.2, 0) is 11.3 Å². The predicted octanol–water partition coefficient (Wildman–Crippen LogP) is 2.46. The first-order chi connectivity index (χ1) is 10.1. The Hall–Kier alpha value is -1.69. The fourth-order valence-corrected chi connectivity index (χ4v) is 2.92. The van der Waals surface area contributed by atoms with E-state index in [1.54, 1.807) is 13.4 Å². The molecule has 114 valence electrons. The Bertz CT molecular complexity index is 636. The molecule has 21 heavy (non-hydrogen) atoms. The molecule has 0 amide bonds. The van der Waals surface area contributed by atoms with Gasteiger partial charge in [-0.2, -0.15) is 0 Å². The van der Waals surface area contributed by atoms with Crippen LogP contribution in [0.4, 0.5) is 5.82 Å². The van der Waals surface area contributed by atoms with Gasteiger partial charge in [0.25, 0.3) is 0 Å². The van der Waals surface area contributed by atoms with E-state index in [0.717, 1.165) is 23.5 Å². The van der Waals surface area contributed by atoms with E-state index < -0.39 is 0 Å². The first-order valence-electron chi connectivity index (χ1n) is 7.57. The molecule has 0 aliphatic heterocycles. The van der Waals surface area contributed by atoms with Crippen molar-refractivity contribution in [3.05, 3.63) is 12.7 Å². The molecule has 0 aromatic carbocycles. The third kappa shape index (κ3) is 2.37. The van der Waals surface area contributed by atoms with Crippen molar-refractivity contribution in [2.24, 2.45) is 5.92 Å². The molecule has 0 radical (unpaired) electrons. The van der Waals surface area contributed by atoms with Crippen LogP contribution in [0.25, 0.3) is 11.2 Å². The highest BCUT2D eigenvalue weighted by atomic mass is 16.5. The molecule has 0 spiro atoms. The molecule has 0 bridgehead atoms. The maximum absolute atomic E-state index is 5.80. The molecule has 2 heterocycles. The van der Waals surface area contributed by atoms with Crippen molar-refractivity contribution in [1.29, 1.82) is 0 Å². The Morgan fingerprint density at radius 3 is 2.81 bits per heavy atom. The number of ether oxygens (including phenoxy) is 1. The lowest BCUT2D eigenvalue weighted by molar-refractivity contribution is -0.0246. The van der Waals surface area contributed by atoms with Crippen molar-refractivity contribution in [3.63, 3.8) is 0 Å². The highest BCUT2D eigenvalue weighted by molar-refractivity contribution is 5.82. The summed E-state index contributed by atoms with van der Waals surface area (Å²) in [4.78, 5) is 13.1. The number of nitrogens with zero attached hydrogens (tertiary/aromatic N) is 4. The summed E-state index contributed by atoms with van der Waals surface area (Å²) >= 11 is 0. The lowest BCUT2D eigenvalue weighted by atomic mass is 9.91. The minimum atomic E-state index is -0.176. The van der Waals surface area contributed by atoms with E-state index in [9.17, 15) is 0 Å². The first kappa shape index (κ1) is 14.3. The minimum absolute atomic E-state index is 0.153. The standard InChI is InChI=1S/C15H23N5O/c1-5-20-9-18-12-13(16-8-17-14(12)20)19-10(2)15(3,21-4)11-6-7-11/h8-11H,5-7H2,1-4H3,(H,16,17,19)/t10-,15-/m1/s1. The SMILES string of the molecule is CCn1cnc2c(N[C@H](C)[C@@](C)(OC)C3CC3)ncnc21. The maximum atomic E-state index is 5.80. The number of aromatic nitrogens is 4. The Kier molecular flexibility index (Phi) is 3.57. The van der Waals surface area contributed by atoms with Crippen LogP contribution in [0.3, 0.4) is 0 Å². The van der Waals surface area contributed by atoms with Crippen molar-refractivity contribution in [2.75, 3.05) is 12.4 Å². The number of rotatable bonds is 6. The van der Waals surface area contributed by atoms with Crippen LogP contribution in [0, 0.1) is 5.92 Å². The second kappa shape index (κ2) is 5.26. The number of fused-ring (bicyclic) bond motifs is 1. The van der Waals surface area contributed by atoms with E-state index in [1.807, 2.05) is 10.9 Å². The van der Waals surface area contributed by atoms with E-state index in [4.69, 9.17) is 4.74 Å². The van der Waals surface area contributed by atoms with Crippen molar-refractivity contribution >= 4 is 17.0 Å². The number of methoxy groups -OCH3 is 1. The molecule has 3 rings (SSSR count). The van der Waals surface area contributed by atoms with E-state index in [2.05, 4.69) is 41.0 Å². The van der Waals surface area contributed by atoms with Crippen LogP contribution < -0.4 is 5.32 Å². The Morgan fingerprint density at radius 1 is 1.43 bits per heavy atom. The van der Waals surface area contributed by atoms with Crippen LogP contribution in [0.15, 0.2) is 12.7 Å². The molecule has 2 aromatic rings. The largest absolute Gasteiger partial charge is 0.376 e. The fraction of sp³-hybridized carbons (Fsp3) is 0.667. The quantitative estimate of drug-likeness (QED) is 0.885. The average Bonchev–Trinajstić information content (AvgIpc) is 3.27. The van der Waals surface area contributed by atoms with Gasteiger partial charge in [0.2, 0.25) is 0 Å². The monoisotopic (exact) mass is 289 g/mol. The molecule has 1 saturated carbocycles. The zero-order chi connectivity index (χ0) is 15.0. The molecule has 6 heteroatoms. The molecule has 0 unspecified atom stereocenters. The van der Waals surface area contributed by atoms with Crippen molar-refractivity contribution in [2.45, 2.75) is 51.8 Å². The third-order valence-corrected chi connectivity index (χ3v) is 4.78. The number of hydrogen-bond donors (Lipinski definition) is 1. The molecule has 1 aliphatic rings. The Labute approximate surface area is 124 Å². The van der Waals surface area contributed by atoms with Crippen LogP contribution >= 0.6 is 0 Å². The first-order valence-corrected chi connectivity index (χ1v) is 7.57. The summed E-state index contributed by atoms with van der Waals surface area (Å²) in [6.07, 6.45) is 5.87. The van der Waals surface area contributed by atoms with Gasteiger partial charge in [0.05, 0.1) is 18.0 Å². The normalized spacial score (nSPS) is 19.4. The van der Waals surface area contributed by atoms with Gasteiger partial charge >= 0.3 is 0 Å². The van der Waals surface area contributed by atoms with Crippen LogP contribution in [0.5, 0.6) is 0 Å². The van der Waals surface area contributed by atoms with E-state index in [1.165, 1.54) is 12.8 Å². The second-order valence-electron chi connectivity index (χ2n) is 5.95. The van der Waals surface area contributed by atoms with E-state index in [0.29, 0.717) is 5.92 Å². The van der Waals surface area contributed by atoms with Gasteiger partial charge in [0.15, 0.2) is 11.5 Å². The summed E-state index contributed by atoms with van der Waals surface area (Å²) in [5, 5.41) is 3.48. The number of nitrogens with one attached hydrogen (secondary N) is 1. The molecular formula is C15H23N5O. The summed E-state index contributed by atoms with van der Waals surface area (Å²) in [7, 11) is 1.79. The Morgan fingerprint density at radius 2 is 2.19 bits per heavy atom. The molecule has 1 fully saturated rings. The van der Waals surface area contributed by atoms with Crippen LogP contribution in [-0.4, -0.2) is 38.3 Å². The zero-order valence-electron chi connectivity index (χ0n) is 13.1.